The van der Waals surface area contributed by atoms with Gasteiger partial charge < -0.3 is 5.32 Å². The maximum Gasteiger partial charge on any atom is 0.128 e. The van der Waals surface area contributed by atoms with Crippen molar-refractivity contribution in [1.82, 2.24) is 0 Å². The van der Waals surface area contributed by atoms with Crippen molar-refractivity contribution in [3.63, 3.8) is 0 Å². The first kappa shape index (κ1) is 13.1. The SMILES string of the molecule is Cc1ccc(NCc2cc(C)ccc2F)c(Br)c1. The Morgan fingerprint density at radius 1 is 1.06 bits per heavy atom. The van der Waals surface area contributed by atoms with E-state index in [1.54, 1.807) is 6.07 Å². The van der Waals surface area contributed by atoms with Crippen LogP contribution in [0.4, 0.5) is 10.1 Å². The Hall–Kier alpha value is -1.35. The van der Waals surface area contributed by atoms with Crippen molar-refractivity contribution in [1.29, 1.82) is 0 Å². The summed E-state index contributed by atoms with van der Waals surface area (Å²) in [5, 5.41) is 3.24. The summed E-state index contributed by atoms with van der Waals surface area (Å²) in [5.74, 6) is -0.170. The Morgan fingerprint density at radius 2 is 1.72 bits per heavy atom. The van der Waals surface area contributed by atoms with Gasteiger partial charge in [0.1, 0.15) is 5.82 Å². The summed E-state index contributed by atoms with van der Waals surface area (Å²) in [6.07, 6.45) is 0. The molecule has 0 unspecified atom stereocenters. The van der Waals surface area contributed by atoms with E-state index in [0.29, 0.717) is 12.1 Å². The molecule has 1 nitrogen and oxygen atoms in total. The first-order valence-electron chi connectivity index (χ1n) is 5.81. The van der Waals surface area contributed by atoms with Gasteiger partial charge in [0.05, 0.1) is 0 Å². The molecule has 0 spiro atoms. The average molecular weight is 308 g/mol. The Bertz CT molecular complexity index is 566. The maximum atomic E-state index is 13.6. The van der Waals surface area contributed by atoms with Gasteiger partial charge in [-0.2, -0.15) is 0 Å². The molecule has 0 amide bonds. The number of hydrogen-bond donors (Lipinski definition) is 1. The Morgan fingerprint density at radius 3 is 2.44 bits per heavy atom. The Balaban J connectivity index is 2.13. The van der Waals surface area contributed by atoms with E-state index in [1.165, 1.54) is 11.6 Å². The molecular weight excluding hydrogens is 293 g/mol. The fourth-order valence-corrected chi connectivity index (χ4v) is 2.43. The molecule has 0 atom stereocenters. The zero-order chi connectivity index (χ0) is 13.1. The first-order chi connectivity index (χ1) is 8.56. The number of nitrogens with one attached hydrogen (secondary N) is 1. The van der Waals surface area contributed by atoms with Gasteiger partial charge in [-0.15, -0.1) is 0 Å². The van der Waals surface area contributed by atoms with Gasteiger partial charge in [0.25, 0.3) is 0 Å². The molecule has 18 heavy (non-hydrogen) atoms. The topological polar surface area (TPSA) is 12.0 Å². The fraction of sp³-hybridized carbons (Fsp3) is 0.200. The van der Waals surface area contributed by atoms with E-state index in [4.69, 9.17) is 0 Å². The molecular formula is C15H15BrFN. The van der Waals surface area contributed by atoms with Crippen molar-refractivity contribution >= 4 is 21.6 Å². The van der Waals surface area contributed by atoms with Crippen molar-refractivity contribution in [2.45, 2.75) is 20.4 Å². The number of benzene rings is 2. The van der Waals surface area contributed by atoms with Crippen LogP contribution in [0.2, 0.25) is 0 Å². The zero-order valence-electron chi connectivity index (χ0n) is 10.4. The number of halogens is 2. The average Bonchev–Trinajstić information content (AvgIpc) is 2.32. The highest BCUT2D eigenvalue weighted by Crippen LogP contribution is 2.24. The van der Waals surface area contributed by atoms with Crippen LogP contribution in [-0.2, 0) is 6.54 Å². The lowest BCUT2D eigenvalue weighted by Crippen LogP contribution is -2.02. The van der Waals surface area contributed by atoms with E-state index in [0.717, 1.165) is 15.7 Å². The molecule has 3 heteroatoms. The van der Waals surface area contributed by atoms with Crippen LogP contribution in [-0.4, -0.2) is 0 Å². The lowest BCUT2D eigenvalue weighted by atomic mass is 10.1. The van der Waals surface area contributed by atoms with Crippen molar-refractivity contribution in [2.24, 2.45) is 0 Å². The number of rotatable bonds is 3. The fourth-order valence-electron chi connectivity index (χ4n) is 1.79. The van der Waals surface area contributed by atoms with Crippen LogP contribution in [0.3, 0.4) is 0 Å². The molecule has 2 aromatic carbocycles. The molecule has 0 aliphatic heterocycles. The lowest BCUT2D eigenvalue weighted by Gasteiger charge is -2.10. The van der Waals surface area contributed by atoms with Gasteiger partial charge in [-0.05, 0) is 53.5 Å². The molecule has 2 rings (SSSR count). The van der Waals surface area contributed by atoms with Gasteiger partial charge in [0.15, 0.2) is 0 Å². The highest BCUT2D eigenvalue weighted by molar-refractivity contribution is 9.10. The number of anilines is 1. The summed E-state index contributed by atoms with van der Waals surface area (Å²) < 4.78 is 14.6. The number of hydrogen-bond acceptors (Lipinski definition) is 1. The zero-order valence-corrected chi connectivity index (χ0v) is 12.0. The summed E-state index contributed by atoms with van der Waals surface area (Å²) in [5.41, 5.74) is 3.91. The second kappa shape index (κ2) is 5.53. The lowest BCUT2D eigenvalue weighted by molar-refractivity contribution is 0.612. The van der Waals surface area contributed by atoms with Crippen LogP contribution < -0.4 is 5.32 Å². The van der Waals surface area contributed by atoms with Crippen molar-refractivity contribution < 1.29 is 4.39 Å². The maximum absolute atomic E-state index is 13.6. The second-order valence-corrected chi connectivity index (χ2v) is 5.29. The van der Waals surface area contributed by atoms with Crippen LogP contribution in [0, 0.1) is 19.7 Å². The van der Waals surface area contributed by atoms with Crippen LogP contribution in [0.25, 0.3) is 0 Å². The predicted molar refractivity (Wildman–Crippen MR) is 77.3 cm³/mol. The summed E-state index contributed by atoms with van der Waals surface area (Å²) in [6, 6.07) is 11.2. The second-order valence-electron chi connectivity index (χ2n) is 4.43. The van der Waals surface area contributed by atoms with Gasteiger partial charge in [-0.1, -0.05) is 23.8 Å². The van der Waals surface area contributed by atoms with Gasteiger partial charge in [-0.3, -0.25) is 0 Å². The van der Waals surface area contributed by atoms with Crippen molar-refractivity contribution in [2.75, 3.05) is 5.32 Å². The van der Waals surface area contributed by atoms with E-state index < -0.39 is 0 Å². The standard InChI is InChI=1S/C15H15BrFN/c1-10-3-5-14(17)12(7-10)9-18-15-6-4-11(2)8-13(15)16/h3-8,18H,9H2,1-2H3. The third-order valence-corrected chi connectivity index (χ3v) is 3.45. The smallest absolute Gasteiger partial charge is 0.128 e. The minimum absolute atomic E-state index is 0.170. The van der Waals surface area contributed by atoms with Crippen molar-refractivity contribution in [3.05, 3.63) is 63.4 Å². The predicted octanol–water partition coefficient (Wildman–Crippen LogP) is 4.82. The molecule has 0 aromatic heterocycles. The van der Waals surface area contributed by atoms with Gasteiger partial charge in [0.2, 0.25) is 0 Å². The van der Waals surface area contributed by atoms with Crippen LogP contribution in [0.5, 0.6) is 0 Å². The van der Waals surface area contributed by atoms with Gasteiger partial charge in [-0.25, -0.2) is 4.39 Å². The molecule has 2 aromatic rings. The normalized spacial score (nSPS) is 10.4. The molecule has 0 aliphatic carbocycles. The van der Waals surface area contributed by atoms with E-state index in [9.17, 15) is 4.39 Å². The van der Waals surface area contributed by atoms with E-state index in [1.807, 2.05) is 38.1 Å². The summed E-state index contributed by atoms with van der Waals surface area (Å²) in [6.45, 7) is 4.48. The largest absolute Gasteiger partial charge is 0.380 e. The van der Waals surface area contributed by atoms with Crippen LogP contribution >= 0.6 is 15.9 Å². The third kappa shape index (κ3) is 3.10. The molecule has 0 aliphatic rings. The Labute approximate surface area is 115 Å². The highest BCUT2D eigenvalue weighted by Gasteiger charge is 2.04. The molecule has 0 saturated heterocycles. The van der Waals surface area contributed by atoms with Crippen LogP contribution in [0.1, 0.15) is 16.7 Å². The molecule has 0 saturated carbocycles. The minimum Gasteiger partial charge on any atom is -0.380 e. The summed E-state index contributed by atoms with van der Waals surface area (Å²) in [7, 11) is 0. The highest BCUT2D eigenvalue weighted by atomic mass is 79.9. The molecule has 94 valence electrons. The summed E-state index contributed by atoms with van der Waals surface area (Å²) in [4.78, 5) is 0. The quantitative estimate of drug-likeness (QED) is 0.857. The summed E-state index contributed by atoms with van der Waals surface area (Å²) >= 11 is 3.50. The molecule has 0 bridgehead atoms. The number of aryl methyl sites for hydroxylation is 2. The monoisotopic (exact) mass is 307 g/mol. The molecule has 0 radical (unpaired) electrons. The molecule has 0 fully saturated rings. The molecule has 1 N–H and O–H groups in total. The van der Waals surface area contributed by atoms with Crippen LogP contribution in [0.15, 0.2) is 40.9 Å². The van der Waals surface area contributed by atoms with Gasteiger partial charge >= 0.3 is 0 Å². The third-order valence-electron chi connectivity index (χ3n) is 2.80. The van der Waals surface area contributed by atoms with Gasteiger partial charge in [0, 0.05) is 22.3 Å². The molecule has 0 heterocycles. The Kier molecular flexibility index (Phi) is 4.02. The minimum atomic E-state index is -0.170. The first-order valence-corrected chi connectivity index (χ1v) is 6.60. The van der Waals surface area contributed by atoms with E-state index in [2.05, 4.69) is 21.2 Å². The van der Waals surface area contributed by atoms with Crippen molar-refractivity contribution in [3.8, 4) is 0 Å². The van der Waals surface area contributed by atoms with E-state index in [-0.39, 0.29) is 5.82 Å². The van der Waals surface area contributed by atoms with E-state index >= 15 is 0 Å².